The Morgan fingerprint density at radius 1 is 1.42 bits per heavy atom. The van der Waals surface area contributed by atoms with Crippen LogP contribution < -0.4 is 10.6 Å². The molecule has 1 aromatic rings. The summed E-state index contributed by atoms with van der Waals surface area (Å²) in [7, 11) is 1.70. The van der Waals surface area contributed by atoms with Gasteiger partial charge in [-0.05, 0) is 31.6 Å². The lowest BCUT2D eigenvalue weighted by atomic mass is 9.93. The van der Waals surface area contributed by atoms with Crippen LogP contribution in [-0.4, -0.2) is 48.6 Å². The second kappa shape index (κ2) is 11.4. The largest absolute Gasteiger partial charge is 0.359 e. The molecule has 1 fully saturated rings. The second-order valence-electron chi connectivity index (χ2n) is 6.85. The molecule has 1 saturated heterocycles. The van der Waals surface area contributed by atoms with Gasteiger partial charge in [0.15, 0.2) is 11.7 Å². The maximum absolute atomic E-state index is 11.5. The van der Waals surface area contributed by atoms with E-state index >= 15 is 0 Å². The number of guanidine groups is 1. The summed E-state index contributed by atoms with van der Waals surface area (Å²) in [4.78, 5) is 18.5. The van der Waals surface area contributed by atoms with Crippen LogP contribution in [-0.2, 0) is 11.3 Å². The van der Waals surface area contributed by atoms with E-state index in [2.05, 4.69) is 41.5 Å². The van der Waals surface area contributed by atoms with Gasteiger partial charge in [0.2, 0.25) is 5.91 Å². The Labute approximate surface area is 173 Å². The predicted octanol–water partition coefficient (Wildman–Crippen LogP) is 2.73. The minimum Gasteiger partial charge on any atom is -0.359 e. The van der Waals surface area contributed by atoms with Crippen LogP contribution in [0.2, 0.25) is 0 Å². The zero-order valence-corrected chi connectivity index (χ0v) is 18.6. The lowest BCUT2D eigenvalue weighted by molar-refractivity contribution is -0.121. The van der Waals surface area contributed by atoms with E-state index in [1.54, 1.807) is 7.05 Å². The first-order valence-corrected chi connectivity index (χ1v) is 9.22. The van der Waals surface area contributed by atoms with Crippen molar-refractivity contribution in [3.05, 3.63) is 17.5 Å². The average Bonchev–Trinajstić information content (AvgIpc) is 3.08. The summed E-state index contributed by atoms with van der Waals surface area (Å²) in [6.07, 6.45) is 2.64. The first-order chi connectivity index (χ1) is 12.0. The summed E-state index contributed by atoms with van der Waals surface area (Å²) < 4.78 is 5.37. The summed E-state index contributed by atoms with van der Waals surface area (Å²) in [5, 5.41) is 10.1. The molecule has 0 radical (unpaired) electrons. The minimum atomic E-state index is 0. The highest BCUT2D eigenvalue weighted by Gasteiger charge is 2.23. The Hall–Kier alpha value is -1.32. The topological polar surface area (TPSA) is 82.8 Å². The van der Waals surface area contributed by atoms with Crippen molar-refractivity contribution in [1.29, 1.82) is 0 Å². The van der Waals surface area contributed by atoms with Gasteiger partial charge in [-0.15, -0.1) is 24.0 Å². The molecule has 26 heavy (non-hydrogen) atoms. The summed E-state index contributed by atoms with van der Waals surface area (Å²) in [6.45, 7) is 9.40. The third kappa shape index (κ3) is 6.77. The van der Waals surface area contributed by atoms with Crippen molar-refractivity contribution in [1.82, 2.24) is 20.7 Å². The molecule has 2 rings (SSSR count). The standard InChI is InChI=1S/C18H31N5O2.HI/c1-5-20-18(21-12-15-11-16(13(2)3)22-25-15)23-8-6-14(7-9-23)10-17(24)19-4;/h11,13-14H,5-10,12H2,1-4H3,(H,19,24)(H,20,21);1H. The number of rotatable bonds is 6. The second-order valence-corrected chi connectivity index (χ2v) is 6.85. The zero-order valence-electron chi connectivity index (χ0n) is 16.2. The van der Waals surface area contributed by atoms with E-state index in [-0.39, 0.29) is 29.9 Å². The molecule has 8 heteroatoms. The van der Waals surface area contributed by atoms with Crippen LogP contribution in [0.25, 0.3) is 0 Å². The molecule has 0 spiro atoms. The molecule has 0 saturated carbocycles. The molecule has 0 bridgehead atoms. The Morgan fingerprint density at radius 3 is 2.65 bits per heavy atom. The summed E-state index contributed by atoms with van der Waals surface area (Å²) in [5.41, 5.74) is 0.963. The lowest BCUT2D eigenvalue weighted by Gasteiger charge is -2.34. The van der Waals surface area contributed by atoms with Crippen molar-refractivity contribution < 1.29 is 9.32 Å². The van der Waals surface area contributed by atoms with Crippen molar-refractivity contribution in [2.75, 3.05) is 26.7 Å². The molecular formula is C18H32IN5O2. The number of piperidine rings is 1. The van der Waals surface area contributed by atoms with Gasteiger partial charge in [0, 0.05) is 39.2 Å². The quantitative estimate of drug-likeness (QED) is 0.374. The number of aromatic nitrogens is 1. The molecule has 1 aromatic heterocycles. The van der Waals surface area contributed by atoms with E-state index in [9.17, 15) is 4.79 Å². The molecule has 148 valence electrons. The van der Waals surface area contributed by atoms with Gasteiger partial charge >= 0.3 is 0 Å². The van der Waals surface area contributed by atoms with Crippen molar-refractivity contribution in [3.8, 4) is 0 Å². The van der Waals surface area contributed by atoms with E-state index in [1.807, 2.05) is 6.07 Å². The van der Waals surface area contributed by atoms with E-state index in [0.29, 0.717) is 24.8 Å². The van der Waals surface area contributed by atoms with Crippen LogP contribution in [0.5, 0.6) is 0 Å². The lowest BCUT2D eigenvalue weighted by Crippen LogP contribution is -2.46. The maximum Gasteiger partial charge on any atom is 0.220 e. The third-order valence-electron chi connectivity index (χ3n) is 4.56. The molecule has 1 aliphatic rings. The highest BCUT2D eigenvalue weighted by atomic mass is 127. The van der Waals surface area contributed by atoms with Gasteiger partial charge in [0.05, 0.1) is 5.69 Å². The van der Waals surface area contributed by atoms with Gasteiger partial charge < -0.3 is 20.1 Å². The molecule has 0 aromatic carbocycles. The number of hydrogen-bond donors (Lipinski definition) is 2. The Morgan fingerprint density at radius 2 is 2.12 bits per heavy atom. The Bertz CT molecular complexity index is 580. The number of nitrogens with zero attached hydrogens (tertiary/aromatic N) is 3. The average molecular weight is 477 g/mol. The molecule has 0 unspecified atom stereocenters. The first-order valence-electron chi connectivity index (χ1n) is 9.22. The molecular weight excluding hydrogens is 445 g/mol. The number of likely N-dealkylation sites (tertiary alicyclic amines) is 1. The summed E-state index contributed by atoms with van der Waals surface area (Å²) in [6, 6.07) is 1.98. The molecule has 1 amide bonds. The monoisotopic (exact) mass is 477 g/mol. The van der Waals surface area contributed by atoms with Crippen LogP contribution in [0.4, 0.5) is 0 Å². The van der Waals surface area contributed by atoms with Crippen molar-refractivity contribution in [2.45, 2.75) is 52.5 Å². The number of carbonyl (C=O) groups is 1. The highest BCUT2D eigenvalue weighted by Crippen LogP contribution is 2.21. The van der Waals surface area contributed by atoms with Gasteiger partial charge in [0.1, 0.15) is 6.54 Å². The van der Waals surface area contributed by atoms with Crippen LogP contribution in [0.1, 0.15) is 57.4 Å². The van der Waals surface area contributed by atoms with E-state index in [4.69, 9.17) is 9.52 Å². The Balaban J connectivity index is 0.00000338. The SMILES string of the molecule is CCNC(=NCc1cc(C(C)C)no1)N1CCC(CC(=O)NC)CC1.I. The number of halogens is 1. The van der Waals surface area contributed by atoms with E-state index in [1.165, 1.54) is 0 Å². The number of hydrogen-bond acceptors (Lipinski definition) is 4. The van der Waals surface area contributed by atoms with Gasteiger partial charge in [0.25, 0.3) is 0 Å². The van der Waals surface area contributed by atoms with Gasteiger partial charge in [-0.25, -0.2) is 4.99 Å². The van der Waals surface area contributed by atoms with Crippen LogP contribution in [0, 0.1) is 5.92 Å². The van der Waals surface area contributed by atoms with Crippen molar-refractivity contribution in [2.24, 2.45) is 10.9 Å². The molecule has 0 atom stereocenters. The molecule has 2 heterocycles. The normalized spacial score (nSPS) is 15.7. The fraction of sp³-hybridized carbons (Fsp3) is 0.722. The van der Waals surface area contributed by atoms with Gasteiger partial charge in [-0.3, -0.25) is 4.79 Å². The first kappa shape index (κ1) is 22.7. The third-order valence-corrected chi connectivity index (χ3v) is 4.56. The Kier molecular flexibility index (Phi) is 9.97. The van der Waals surface area contributed by atoms with Crippen molar-refractivity contribution >= 4 is 35.8 Å². The fourth-order valence-electron chi connectivity index (χ4n) is 2.97. The number of nitrogens with one attached hydrogen (secondary N) is 2. The van der Waals surface area contributed by atoms with Gasteiger partial charge in [-0.1, -0.05) is 19.0 Å². The number of aliphatic imine (C=N–C) groups is 1. The number of amides is 1. The maximum atomic E-state index is 11.5. The zero-order chi connectivity index (χ0) is 18.2. The van der Waals surface area contributed by atoms with Crippen LogP contribution in [0.3, 0.4) is 0 Å². The highest BCUT2D eigenvalue weighted by molar-refractivity contribution is 14.0. The van der Waals surface area contributed by atoms with E-state index in [0.717, 1.165) is 49.9 Å². The van der Waals surface area contributed by atoms with Crippen molar-refractivity contribution in [3.63, 3.8) is 0 Å². The molecule has 1 aliphatic heterocycles. The smallest absolute Gasteiger partial charge is 0.220 e. The predicted molar refractivity (Wildman–Crippen MR) is 114 cm³/mol. The minimum absolute atomic E-state index is 0. The molecule has 0 aliphatic carbocycles. The number of carbonyl (C=O) groups excluding carboxylic acids is 1. The van der Waals surface area contributed by atoms with Gasteiger partial charge in [-0.2, -0.15) is 0 Å². The summed E-state index contributed by atoms with van der Waals surface area (Å²) >= 11 is 0. The molecule has 7 nitrogen and oxygen atoms in total. The molecule has 2 N–H and O–H groups in total. The fourth-order valence-corrected chi connectivity index (χ4v) is 2.97. The van der Waals surface area contributed by atoms with Crippen LogP contribution in [0.15, 0.2) is 15.6 Å². The summed E-state index contributed by atoms with van der Waals surface area (Å²) in [5.74, 6) is 2.64. The van der Waals surface area contributed by atoms with Crippen LogP contribution >= 0.6 is 24.0 Å². The van der Waals surface area contributed by atoms with E-state index < -0.39 is 0 Å².